The highest BCUT2D eigenvalue weighted by Gasteiger charge is 2.47. The predicted octanol–water partition coefficient (Wildman–Crippen LogP) is 2.33. The highest BCUT2D eigenvalue weighted by Crippen LogP contribution is 2.38. The van der Waals surface area contributed by atoms with E-state index in [9.17, 15) is 4.79 Å². The Morgan fingerprint density at radius 3 is 2.71 bits per heavy atom. The molecular formula is C21H30N6O. The molecule has 2 fully saturated rings. The van der Waals surface area contributed by atoms with Gasteiger partial charge in [0.1, 0.15) is 5.54 Å². The summed E-state index contributed by atoms with van der Waals surface area (Å²) in [6.45, 7) is 3.44. The fourth-order valence-electron chi connectivity index (χ4n) is 4.73. The highest BCUT2D eigenvalue weighted by atomic mass is 16.2. The maximum Gasteiger partial charge on any atom is 0.227 e. The number of carbonyl (C=O) groups excluding carboxylic acids is 1. The van der Waals surface area contributed by atoms with Crippen molar-refractivity contribution in [1.82, 2.24) is 30.0 Å². The largest absolute Gasteiger partial charge is 0.340 e. The first kappa shape index (κ1) is 19.1. The number of tetrazole rings is 1. The number of aromatic nitrogens is 4. The Morgan fingerprint density at radius 1 is 1.25 bits per heavy atom. The van der Waals surface area contributed by atoms with Crippen molar-refractivity contribution in [2.24, 2.45) is 0 Å². The third kappa shape index (κ3) is 3.32. The Hall–Kier alpha value is -2.28. The Labute approximate surface area is 166 Å². The van der Waals surface area contributed by atoms with Gasteiger partial charge in [-0.05, 0) is 61.8 Å². The van der Waals surface area contributed by atoms with Gasteiger partial charge in [-0.15, -0.1) is 5.10 Å². The van der Waals surface area contributed by atoms with Gasteiger partial charge in [0.25, 0.3) is 0 Å². The second-order valence-corrected chi connectivity index (χ2v) is 8.48. The summed E-state index contributed by atoms with van der Waals surface area (Å²) in [7, 11) is 4.14. The van der Waals surface area contributed by atoms with E-state index in [-0.39, 0.29) is 11.4 Å². The topological polar surface area (TPSA) is 67.2 Å². The molecular weight excluding hydrogens is 352 g/mol. The smallest absolute Gasteiger partial charge is 0.227 e. The number of rotatable bonds is 5. The maximum absolute atomic E-state index is 13.0. The van der Waals surface area contributed by atoms with Crippen molar-refractivity contribution in [3.63, 3.8) is 0 Å². The Bertz CT molecular complexity index is 841. The number of carbonyl (C=O) groups is 1. The summed E-state index contributed by atoms with van der Waals surface area (Å²) in [6.07, 6.45) is 6.05. The second-order valence-electron chi connectivity index (χ2n) is 8.48. The van der Waals surface area contributed by atoms with Crippen molar-refractivity contribution >= 4 is 5.91 Å². The van der Waals surface area contributed by atoms with Gasteiger partial charge in [-0.1, -0.05) is 37.1 Å². The van der Waals surface area contributed by atoms with E-state index in [1.54, 1.807) is 0 Å². The van der Waals surface area contributed by atoms with Crippen molar-refractivity contribution in [2.45, 2.75) is 57.0 Å². The normalized spacial score (nSPS) is 23.1. The molecule has 4 rings (SSSR count). The van der Waals surface area contributed by atoms with Gasteiger partial charge in [0.2, 0.25) is 5.91 Å². The SMILES string of the molecule is Cc1ccccc1CC(=O)N1CCC(c2nnnn2C2CCCC2)(N(C)C)C1. The van der Waals surface area contributed by atoms with Crippen LogP contribution < -0.4 is 0 Å². The zero-order chi connectivity index (χ0) is 19.7. The lowest BCUT2D eigenvalue weighted by Crippen LogP contribution is -2.47. The van der Waals surface area contributed by atoms with Crippen molar-refractivity contribution in [3.05, 3.63) is 41.2 Å². The van der Waals surface area contributed by atoms with E-state index in [1.165, 1.54) is 18.4 Å². The van der Waals surface area contributed by atoms with Crippen molar-refractivity contribution < 1.29 is 4.79 Å². The summed E-state index contributed by atoms with van der Waals surface area (Å²) >= 11 is 0. The summed E-state index contributed by atoms with van der Waals surface area (Å²) in [6, 6.07) is 8.51. The molecule has 1 atom stereocenters. The van der Waals surface area contributed by atoms with Gasteiger partial charge in [0.05, 0.1) is 12.5 Å². The standard InChI is InChI=1S/C21H30N6O/c1-16-8-4-5-9-17(16)14-19(28)26-13-12-21(15-26,25(2)3)20-22-23-24-27(20)18-10-6-7-11-18/h4-5,8-9,18H,6-7,10-15H2,1-3H3. The number of hydrogen-bond donors (Lipinski definition) is 0. The van der Waals surface area contributed by atoms with Gasteiger partial charge in [0, 0.05) is 13.1 Å². The molecule has 1 aromatic heterocycles. The van der Waals surface area contributed by atoms with E-state index in [0.29, 0.717) is 19.0 Å². The van der Waals surface area contributed by atoms with Gasteiger partial charge in [0.15, 0.2) is 5.82 Å². The van der Waals surface area contributed by atoms with E-state index in [2.05, 4.69) is 47.5 Å². The highest BCUT2D eigenvalue weighted by molar-refractivity contribution is 5.79. The molecule has 28 heavy (non-hydrogen) atoms. The number of nitrogens with zero attached hydrogens (tertiary/aromatic N) is 6. The molecule has 1 saturated carbocycles. The van der Waals surface area contributed by atoms with E-state index in [0.717, 1.165) is 37.2 Å². The van der Waals surface area contributed by atoms with Crippen LogP contribution in [0.3, 0.4) is 0 Å². The molecule has 1 aromatic carbocycles. The van der Waals surface area contributed by atoms with Crippen LogP contribution >= 0.6 is 0 Å². The summed E-state index contributed by atoms with van der Waals surface area (Å²) < 4.78 is 2.04. The fourth-order valence-corrected chi connectivity index (χ4v) is 4.73. The Balaban J connectivity index is 1.56. The molecule has 7 nitrogen and oxygen atoms in total. The van der Waals surface area contributed by atoms with Gasteiger partial charge >= 0.3 is 0 Å². The van der Waals surface area contributed by atoms with Gasteiger partial charge in [-0.25, -0.2) is 4.68 Å². The third-order valence-electron chi connectivity index (χ3n) is 6.64. The van der Waals surface area contributed by atoms with Crippen molar-refractivity contribution in [1.29, 1.82) is 0 Å². The molecule has 1 aliphatic heterocycles. The number of benzene rings is 1. The van der Waals surface area contributed by atoms with Crippen LogP contribution in [0.25, 0.3) is 0 Å². The van der Waals surface area contributed by atoms with E-state index >= 15 is 0 Å². The number of amides is 1. The molecule has 0 bridgehead atoms. The minimum atomic E-state index is -0.326. The quantitative estimate of drug-likeness (QED) is 0.794. The zero-order valence-electron chi connectivity index (χ0n) is 17.1. The molecule has 2 heterocycles. The number of aryl methyl sites for hydroxylation is 1. The lowest BCUT2D eigenvalue weighted by atomic mass is 9.95. The average Bonchev–Trinajstić information content (AvgIpc) is 3.42. The maximum atomic E-state index is 13.0. The molecule has 0 radical (unpaired) electrons. The van der Waals surface area contributed by atoms with E-state index < -0.39 is 0 Å². The molecule has 0 N–H and O–H groups in total. The molecule has 150 valence electrons. The van der Waals surface area contributed by atoms with Gasteiger partial charge < -0.3 is 4.90 Å². The molecule has 0 spiro atoms. The van der Waals surface area contributed by atoms with Crippen LogP contribution in [0, 0.1) is 6.92 Å². The van der Waals surface area contributed by atoms with E-state index in [1.807, 2.05) is 27.8 Å². The summed E-state index contributed by atoms with van der Waals surface area (Å²) in [4.78, 5) is 17.2. The molecule has 2 aliphatic rings. The van der Waals surface area contributed by atoms with Crippen LogP contribution in [0.5, 0.6) is 0 Å². The number of hydrogen-bond acceptors (Lipinski definition) is 5. The molecule has 1 saturated heterocycles. The van der Waals surface area contributed by atoms with Crippen LogP contribution in [0.4, 0.5) is 0 Å². The average molecular weight is 383 g/mol. The first-order valence-electron chi connectivity index (χ1n) is 10.3. The predicted molar refractivity (Wildman–Crippen MR) is 107 cm³/mol. The minimum Gasteiger partial charge on any atom is -0.340 e. The Kier molecular flexibility index (Phi) is 5.19. The summed E-state index contributed by atoms with van der Waals surface area (Å²) in [5.41, 5.74) is 1.94. The molecule has 7 heteroatoms. The second kappa shape index (κ2) is 7.62. The summed E-state index contributed by atoms with van der Waals surface area (Å²) in [5.74, 6) is 1.09. The Morgan fingerprint density at radius 2 is 2.00 bits per heavy atom. The number of likely N-dealkylation sites (N-methyl/N-ethyl adjacent to an activating group) is 1. The van der Waals surface area contributed by atoms with E-state index in [4.69, 9.17) is 0 Å². The monoisotopic (exact) mass is 382 g/mol. The summed E-state index contributed by atoms with van der Waals surface area (Å²) in [5, 5.41) is 12.8. The van der Waals surface area contributed by atoms with Crippen molar-refractivity contribution in [2.75, 3.05) is 27.2 Å². The van der Waals surface area contributed by atoms with Gasteiger partial charge in [-0.2, -0.15) is 0 Å². The first-order chi connectivity index (χ1) is 13.5. The van der Waals surface area contributed by atoms with Crippen LogP contribution in [0.1, 0.15) is 55.1 Å². The van der Waals surface area contributed by atoms with Crippen molar-refractivity contribution in [3.8, 4) is 0 Å². The number of likely N-dealkylation sites (tertiary alicyclic amines) is 1. The molecule has 1 aliphatic carbocycles. The van der Waals surface area contributed by atoms with Crippen LogP contribution in [-0.4, -0.2) is 63.1 Å². The third-order valence-corrected chi connectivity index (χ3v) is 6.64. The first-order valence-corrected chi connectivity index (χ1v) is 10.3. The molecule has 1 unspecified atom stereocenters. The van der Waals surface area contributed by atoms with Crippen LogP contribution in [-0.2, 0) is 16.8 Å². The lowest BCUT2D eigenvalue weighted by molar-refractivity contribution is -0.130. The fraction of sp³-hybridized carbons (Fsp3) is 0.619. The van der Waals surface area contributed by atoms with Crippen LogP contribution in [0.2, 0.25) is 0 Å². The lowest BCUT2D eigenvalue weighted by Gasteiger charge is -2.35. The minimum absolute atomic E-state index is 0.179. The van der Waals surface area contributed by atoms with Crippen LogP contribution in [0.15, 0.2) is 24.3 Å². The zero-order valence-corrected chi connectivity index (χ0v) is 17.1. The molecule has 1 amide bonds. The molecule has 2 aromatic rings. The van der Waals surface area contributed by atoms with Gasteiger partial charge in [-0.3, -0.25) is 9.69 Å².